The summed E-state index contributed by atoms with van der Waals surface area (Å²) in [4.78, 5) is 8.81. The van der Waals surface area contributed by atoms with Crippen molar-refractivity contribution < 1.29 is 0 Å². The van der Waals surface area contributed by atoms with Gasteiger partial charge in [-0.25, -0.2) is 14.6 Å². The van der Waals surface area contributed by atoms with Gasteiger partial charge in [-0.1, -0.05) is 0 Å². The molecule has 4 aromatic rings. The lowest BCUT2D eigenvalue weighted by atomic mass is 10.2. The zero-order valence-corrected chi connectivity index (χ0v) is 13.9. The molecule has 3 heterocycles. The Balaban J connectivity index is 1.65. The first-order valence-electron chi connectivity index (χ1n) is 7.82. The van der Waals surface area contributed by atoms with Gasteiger partial charge in [-0.2, -0.15) is 5.10 Å². The number of anilines is 2. The number of hydrogen-bond acceptors (Lipinski definition) is 4. The van der Waals surface area contributed by atoms with E-state index in [2.05, 4.69) is 31.7 Å². The molecule has 0 unspecified atom stereocenters. The Hall–Kier alpha value is -3.15. The number of hydrogen-bond donors (Lipinski definition) is 1. The number of aryl methyl sites for hydroxylation is 3. The smallest absolute Gasteiger partial charge is 0.161 e. The van der Waals surface area contributed by atoms with Crippen molar-refractivity contribution in [2.45, 2.75) is 20.8 Å². The lowest BCUT2D eigenvalue weighted by Gasteiger charge is -2.09. The van der Waals surface area contributed by atoms with E-state index in [-0.39, 0.29) is 0 Å². The van der Waals surface area contributed by atoms with Crippen LogP contribution in [-0.4, -0.2) is 24.1 Å². The van der Waals surface area contributed by atoms with E-state index < -0.39 is 0 Å². The van der Waals surface area contributed by atoms with Gasteiger partial charge in [-0.05, 0) is 57.2 Å². The quantitative estimate of drug-likeness (QED) is 0.627. The predicted molar refractivity (Wildman–Crippen MR) is 94.0 cm³/mol. The molecule has 1 N–H and O–H groups in total. The minimum atomic E-state index is 0.758. The van der Waals surface area contributed by atoms with Gasteiger partial charge in [0.1, 0.15) is 12.2 Å². The Kier molecular flexibility index (Phi) is 3.30. The molecule has 0 aliphatic carbocycles. The van der Waals surface area contributed by atoms with Crippen molar-refractivity contribution in [1.29, 1.82) is 0 Å². The molecule has 0 saturated heterocycles. The summed E-state index contributed by atoms with van der Waals surface area (Å²) < 4.78 is 3.87. The van der Waals surface area contributed by atoms with E-state index >= 15 is 0 Å². The zero-order valence-electron chi connectivity index (χ0n) is 13.9. The van der Waals surface area contributed by atoms with Gasteiger partial charge in [-0.3, -0.25) is 0 Å². The van der Waals surface area contributed by atoms with Crippen molar-refractivity contribution in [2.75, 3.05) is 5.32 Å². The highest BCUT2D eigenvalue weighted by Crippen LogP contribution is 2.24. The molecule has 3 aromatic heterocycles. The summed E-state index contributed by atoms with van der Waals surface area (Å²) in [6.45, 7) is 5.98. The summed E-state index contributed by atoms with van der Waals surface area (Å²) in [5, 5.41) is 7.76. The Bertz CT molecular complexity index is 1010. The molecular formula is C18H18N6. The number of pyridine rings is 1. The fraction of sp³-hybridized carbons (Fsp3) is 0.167. The highest BCUT2D eigenvalue weighted by atomic mass is 15.3. The summed E-state index contributed by atoms with van der Waals surface area (Å²) >= 11 is 0. The SMILES string of the molecule is Cc1ncn(-c2ccc(Nc3cccn4c(C)c(C)nc34)cc2)n1. The molecule has 6 heteroatoms. The fourth-order valence-corrected chi connectivity index (χ4v) is 2.72. The van der Waals surface area contributed by atoms with Crippen molar-refractivity contribution in [2.24, 2.45) is 0 Å². The third-order valence-corrected chi connectivity index (χ3v) is 4.14. The second kappa shape index (κ2) is 5.49. The van der Waals surface area contributed by atoms with Gasteiger partial charge in [-0.15, -0.1) is 0 Å². The summed E-state index contributed by atoms with van der Waals surface area (Å²) in [7, 11) is 0. The monoisotopic (exact) mass is 318 g/mol. The van der Waals surface area contributed by atoms with Crippen LogP contribution in [0, 0.1) is 20.8 Å². The van der Waals surface area contributed by atoms with E-state index in [9.17, 15) is 0 Å². The van der Waals surface area contributed by atoms with E-state index in [0.717, 1.165) is 39.9 Å². The molecule has 0 saturated carbocycles. The van der Waals surface area contributed by atoms with Gasteiger partial charge >= 0.3 is 0 Å². The van der Waals surface area contributed by atoms with Crippen molar-refractivity contribution in [3.63, 3.8) is 0 Å². The first-order chi connectivity index (χ1) is 11.6. The molecule has 0 radical (unpaired) electrons. The van der Waals surface area contributed by atoms with Gasteiger partial charge in [0.05, 0.1) is 17.1 Å². The maximum absolute atomic E-state index is 4.65. The molecule has 4 rings (SSSR count). The van der Waals surface area contributed by atoms with Gasteiger partial charge in [0.2, 0.25) is 0 Å². The number of aromatic nitrogens is 5. The number of imidazole rings is 1. The Morgan fingerprint density at radius 1 is 1.00 bits per heavy atom. The van der Waals surface area contributed by atoms with E-state index in [1.165, 1.54) is 0 Å². The average Bonchev–Trinajstić information content (AvgIpc) is 3.14. The molecule has 0 bridgehead atoms. The maximum atomic E-state index is 4.65. The number of rotatable bonds is 3. The Morgan fingerprint density at radius 3 is 2.50 bits per heavy atom. The maximum Gasteiger partial charge on any atom is 0.161 e. The Labute approximate surface area is 139 Å². The molecule has 6 nitrogen and oxygen atoms in total. The molecule has 0 atom stereocenters. The van der Waals surface area contributed by atoms with Crippen molar-refractivity contribution >= 4 is 17.0 Å². The highest BCUT2D eigenvalue weighted by molar-refractivity contribution is 5.74. The van der Waals surface area contributed by atoms with Crippen molar-refractivity contribution in [3.05, 3.63) is 66.1 Å². The normalized spacial score (nSPS) is 11.1. The second-order valence-electron chi connectivity index (χ2n) is 5.81. The van der Waals surface area contributed by atoms with Crippen LogP contribution in [0.2, 0.25) is 0 Å². The first kappa shape index (κ1) is 14.4. The highest BCUT2D eigenvalue weighted by Gasteiger charge is 2.08. The molecule has 1 aromatic carbocycles. The van der Waals surface area contributed by atoms with Crippen LogP contribution in [-0.2, 0) is 0 Å². The van der Waals surface area contributed by atoms with Crippen LogP contribution < -0.4 is 5.32 Å². The zero-order chi connectivity index (χ0) is 16.7. The third kappa shape index (κ3) is 2.42. The van der Waals surface area contributed by atoms with E-state index in [1.54, 1.807) is 11.0 Å². The van der Waals surface area contributed by atoms with Gasteiger partial charge in [0, 0.05) is 17.6 Å². The van der Waals surface area contributed by atoms with Crippen LogP contribution in [0.25, 0.3) is 11.3 Å². The van der Waals surface area contributed by atoms with Crippen LogP contribution in [0.1, 0.15) is 17.2 Å². The predicted octanol–water partition coefficient (Wildman–Crippen LogP) is 3.58. The van der Waals surface area contributed by atoms with E-state index in [4.69, 9.17) is 0 Å². The van der Waals surface area contributed by atoms with Gasteiger partial charge in [0.25, 0.3) is 0 Å². The lowest BCUT2D eigenvalue weighted by molar-refractivity contribution is 0.863. The fourth-order valence-electron chi connectivity index (χ4n) is 2.72. The number of benzene rings is 1. The number of nitrogens with zero attached hydrogens (tertiary/aromatic N) is 5. The van der Waals surface area contributed by atoms with Crippen LogP contribution in [0.4, 0.5) is 11.4 Å². The molecule has 0 amide bonds. The van der Waals surface area contributed by atoms with Crippen LogP contribution in [0.5, 0.6) is 0 Å². The second-order valence-corrected chi connectivity index (χ2v) is 5.81. The topological polar surface area (TPSA) is 60.0 Å². The average molecular weight is 318 g/mol. The Morgan fingerprint density at radius 2 is 1.79 bits per heavy atom. The summed E-state index contributed by atoms with van der Waals surface area (Å²) in [6, 6.07) is 12.1. The molecule has 0 aliphatic heterocycles. The molecular weight excluding hydrogens is 300 g/mol. The lowest BCUT2D eigenvalue weighted by Crippen LogP contribution is -1.97. The minimum absolute atomic E-state index is 0.758. The largest absolute Gasteiger partial charge is 0.352 e. The molecule has 120 valence electrons. The first-order valence-corrected chi connectivity index (χ1v) is 7.82. The standard InChI is InChI=1S/C18H18N6/c1-12-13(2)23-10-4-5-17(18(23)20-12)21-15-6-8-16(9-7-15)24-11-19-14(3)22-24/h4-11,21H,1-3H3. The van der Waals surface area contributed by atoms with Gasteiger partial charge < -0.3 is 9.72 Å². The van der Waals surface area contributed by atoms with Crippen LogP contribution in [0.3, 0.4) is 0 Å². The summed E-state index contributed by atoms with van der Waals surface area (Å²) in [6.07, 6.45) is 3.75. The third-order valence-electron chi connectivity index (χ3n) is 4.14. The number of fused-ring (bicyclic) bond motifs is 1. The molecule has 0 spiro atoms. The van der Waals surface area contributed by atoms with Crippen molar-refractivity contribution in [3.8, 4) is 5.69 Å². The van der Waals surface area contributed by atoms with E-state index in [0.29, 0.717) is 0 Å². The molecule has 24 heavy (non-hydrogen) atoms. The summed E-state index contributed by atoms with van der Waals surface area (Å²) in [5.74, 6) is 0.758. The molecule has 0 aliphatic rings. The minimum Gasteiger partial charge on any atom is -0.352 e. The van der Waals surface area contributed by atoms with Crippen LogP contribution >= 0.6 is 0 Å². The van der Waals surface area contributed by atoms with E-state index in [1.807, 2.05) is 56.4 Å². The van der Waals surface area contributed by atoms with Crippen molar-refractivity contribution in [1.82, 2.24) is 24.1 Å². The number of nitrogens with one attached hydrogen (secondary N) is 1. The molecule has 0 fully saturated rings. The van der Waals surface area contributed by atoms with Gasteiger partial charge in [0.15, 0.2) is 5.65 Å². The summed E-state index contributed by atoms with van der Waals surface area (Å²) in [5.41, 5.74) is 6.10. The van der Waals surface area contributed by atoms with Crippen LogP contribution in [0.15, 0.2) is 48.9 Å².